The molecule has 0 bridgehead atoms. The summed E-state index contributed by atoms with van der Waals surface area (Å²) < 4.78 is 37.9. The number of hydrogen-bond acceptors (Lipinski definition) is 12. The molecule has 4 saturated heterocycles. The van der Waals surface area contributed by atoms with Gasteiger partial charge in [0.2, 0.25) is 0 Å². The molecule has 4 saturated carbocycles. The lowest BCUT2D eigenvalue weighted by molar-refractivity contribution is -0.357. The second-order valence-corrected chi connectivity index (χ2v) is 18.4. The molecule has 8 fully saturated rings. The summed E-state index contributed by atoms with van der Waals surface area (Å²) in [5.41, 5.74) is 0.0559. The van der Waals surface area contributed by atoms with E-state index in [-0.39, 0.29) is 35.6 Å². The van der Waals surface area contributed by atoms with E-state index in [2.05, 4.69) is 27.7 Å². The van der Waals surface area contributed by atoms with Crippen molar-refractivity contribution in [2.75, 3.05) is 13.2 Å². The van der Waals surface area contributed by atoms with Crippen LogP contribution in [0.5, 0.6) is 0 Å². The molecule has 4 heterocycles. The lowest BCUT2D eigenvalue weighted by Gasteiger charge is -2.63. The quantitative estimate of drug-likeness (QED) is 0.235. The standard InChI is InChI=1S/C38H62O12/c1-17-6-11-38(46-15-17)18(2)28-27(50-38)14-23-21-13-26(24-12-20(39)7-9-36(24,4)22(21)8-10-37(23,28)5)48-35-32(44)33(29(41)19(3)47-35)49-34-31(43)30(42)25(40)16-45-34/h17-35,39-44H,6-16H2,1-5H3/t17-,18-,19+,20-,21?,22?,23?,24?,25+,26-,27?,28?,29+,30-,31+,32+,33-,34-,35-,36+,37-,38+/m0/s1. The Balaban J connectivity index is 1.04. The molecule has 6 N–H and O–H groups in total. The van der Waals surface area contributed by atoms with Crippen molar-refractivity contribution < 1.29 is 59.1 Å². The van der Waals surface area contributed by atoms with E-state index in [9.17, 15) is 30.6 Å². The predicted octanol–water partition coefficient (Wildman–Crippen LogP) is 2.08. The summed E-state index contributed by atoms with van der Waals surface area (Å²) >= 11 is 0. The van der Waals surface area contributed by atoms with Crippen molar-refractivity contribution in [2.45, 2.75) is 172 Å². The smallest absolute Gasteiger partial charge is 0.186 e. The number of rotatable bonds is 4. The Labute approximate surface area is 296 Å². The predicted molar refractivity (Wildman–Crippen MR) is 177 cm³/mol. The Morgan fingerprint density at radius 3 is 2.18 bits per heavy atom. The maximum atomic E-state index is 11.6. The minimum Gasteiger partial charge on any atom is -0.393 e. The van der Waals surface area contributed by atoms with Crippen LogP contribution in [0.25, 0.3) is 0 Å². The number of hydrogen-bond donors (Lipinski definition) is 6. The van der Waals surface area contributed by atoms with Gasteiger partial charge in [0.05, 0.1) is 37.6 Å². The van der Waals surface area contributed by atoms with Gasteiger partial charge in [0.25, 0.3) is 0 Å². The fourth-order valence-electron chi connectivity index (χ4n) is 12.9. The van der Waals surface area contributed by atoms with Gasteiger partial charge in [-0.25, -0.2) is 0 Å². The molecule has 8 aliphatic rings. The van der Waals surface area contributed by atoms with Gasteiger partial charge in [-0.05, 0) is 105 Å². The first-order valence-electron chi connectivity index (χ1n) is 19.6. The normalized spacial score (nSPS) is 60.9. The lowest BCUT2D eigenvalue weighted by atomic mass is 9.43. The van der Waals surface area contributed by atoms with E-state index in [0.717, 1.165) is 58.0 Å². The molecule has 0 aromatic rings. The van der Waals surface area contributed by atoms with Crippen molar-refractivity contribution in [1.29, 1.82) is 0 Å². The van der Waals surface area contributed by atoms with Crippen LogP contribution in [-0.4, -0.2) is 123 Å². The largest absolute Gasteiger partial charge is 0.393 e. The first-order valence-corrected chi connectivity index (χ1v) is 19.6. The van der Waals surface area contributed by atoms with Crippen LogP contribution in [0.2, 0.25) is 0 Å². The van der Waals surface area contributed by atoms with Crippen LogP contribution in [0.1, 0.15) is 92.4 Å². The highest BCUT2D eigenvalue weighted by molar-refractivity contribution is 5.16. The molecule has 0 amide bonds. The summed E-state index contributed by atoms with van der Waals surface area (Å²) in [6.45, 7) is 11.7. The van der Waals surface area contributed by atoms with Gasteiger partial charge in [-0.3, -0.25) is 0 Å². The van der Waals surface area contributed by atoms with Gasteiger partial charge in [-0.2, -0.15) is 0 Å². The summed E-state index contributed by atoms with van der Waals surface area (Å²) in [4.78, 5) is 0. The first kappa shape index (κ1) is 36.5. The zero-order valence-corrected chi connectivity index (χ0v) is 30.4. The van der Waals surface area contributed by atoms with Crippen molar-refractivity contribution in [1.82, 2.24) is 0 Å². The molecule has 0 aromatic carbocycles. The summed E-state index contributed by atoms with van der Waals surface area (Å²) in [6.07, 6.45) is -3.60. The number of ether oxygens (including phenoxy) is 6. The zero-order valence-electron chi connectivity index (χ0n) is 30.4. The Morgan fingerprint density at radius 1 is 0.680 bits per heavy atom. The molecule has 12 heteroatoms. The monoisotopic (exact) mass is 710 g/mol. The summed E-state index contributed by atoms with van der Waals surface area (Å²) in [5, 5.41) is 64.3. The fourth-order valence-corrected chi connectivity index (χ4v) is 12.9. The third kappa shape index (κ3) is 5.60. The van der Waals surface area contributed by atoms with Crippen LogP contribution >= 0.6 is 0 Å². The number of aliphatic hydroxyl groups excluding tert-OH is 6. The average Bonchev–Trinajstić information content (AvgIpc) is 3.53. The second-order valence-electron chi connectivity index (χ2n) is 18.4. The Bertz CT molecular complexity index is 1230. The number of fused-ring (bicyclic) bond motifs is 7. The van der Waals surface area contributed by atoms with Crippen LogP contribution < -0.4 is 0 Å². The van der Waals surface area contributed by atoms with Crippen LogP contribution in [0.3, 0.4) is 0 Å². The molecule has 0 aromatic heterocycles. The molecule has 50 heavy (non-hydrogen) atoms. The van der Waals surface area contributed by atoms with E-state index in [1.54, 1.807) is 6.92 Å². The van der Waals surface area contributed by atoms with Crippen molar-refractivity contribution in [3.05, 3.63) is 0 Å². The van der Waals surface area contributed by atoms with Gasteiger partial charge in [0.1, 0.15) is 36.6 Å². The molecule has 6 unspecified atom stereocenters. The third-order valence-corrected chi connectivity index (χ3v) is 15.7. The number of aliphatic hydroxyl groups is 6. The minimum absolute atomic E-state index is 0.0557. The van der Waals surface area contributed by atoms with E-state index in [1.165, 1.54) is 0 Å². The van der Waals surface area contributed by atoms with Gasteiger partial charge >= 0.3 is 0 Å². The van der Waals surface area contributed by atoms with Gasteiger partial charge < -0.3 is 59.1 Å². The summed E-state index contributed by atoms with van der Waals surface area (Å²) in [6, 6.07) is 0. The molecule has 12 nitrogen and oxygen atoms in total. The van der Waals surface area contributed by atoms with Gasteiger partial charge in [-0.1, -0.05) is 27.7 Å². The molecule has 0 radical (unpaired) electrons. The Morgan fingerprint density at radius 2 is 1.44 bits per heavy atom. The van der Waals surface area contributed by atoms with Crippen molar-refractivity contribution in [2.24, 2.45) is 52.3 Å². The topological polar surface area (TPSA) is 177 Å². The molecule has 4 aliphatic heterocycles. The van der Waals surface area contributed by atoms with Crippen LogP contribution in [-0.2, 0) is 28.4 Å². The van der Waals surface area contributed by atoms with Crippen molar-refractivity contribution in [3.8, 4) is 0 Å². The molecule has 286 valence electrons. The van der Waals surface area contributed by atoms with E-state index < -0.39 is 67.2 Å². The second kappa shape index (κ2) is 13.1. The van der Waals surface area contributed by atoms with Gasteiger partial charge in [-0.15, -0.1) is 0 Å². The Kier molecular flexibility index (Phi) is 9.55. The zero-order chi connectivity index (χ0) is 35.5. The van der Waals surface area contributed by atoms with Crippen molar-refractivity contribution in [3.63, 3.8) is 0 Å². The highest BCUT2D eigenvalue weighted by atomic mass is 16.7. The fraction of sp³-hybridized carbons (Fsp3) is 1.00. The maximum Gasteiger partial charge on any atom is 0.186 e. The van der Waals surface area contributed by atoms with E-state index >= 15 is 0 Å². The summed E-state index contributed by atoms with van der Waals surface area (Å²) in [5.74, 6) is 2.24. The highest BCUT2D eigenvalue weighted by Crippen LogP contribution is 2.71. The highest BCUT2D eigenvalue weighted by Gasteiger charge is 2.70. The molecular formula is C38H62O12. The summed E-state index contributed by atoms with van der Waals surface area (Å²) in [7, 11) is 0. The molecule has 22 atom stereocenters. The molecule has 8 rings (SSSR count). The lowest BCUT2D eigenvalue weighted by Crippen LogP contribution is -2.64. The molecular weight excluding hydrogens is 648 g/mol. The van der Waals surface area contributed by atoms with E-state index in [0.29, 0.717) is 41.9 Å². The van der Waals surface area contributed by atoms with Crippen LogP contribution in [0, 0.1) is 52.3 Å². The average molecular weight is 711 g/mol. The van der Waals surface area contributed by atoms with Crippen LogP contribution in [0.15, 0.2) is 0 Å². The molecule has 1 spiro atoms. The van der Waals surface area contributed by atoms with E-state index in [4.69, 9.17) is 28.4 Å². The first-order chi connectivity index (χ1) is 23.7. The Hall–Kier alpha value is -0.480. The van der Waals surface area contributed by atoms with E-state index in [1.807, 2.05) is 0 Å². The third-order valence-electron chi connectivity index (χ3n) is 15.7. The maximum absolute atomic E-state index is 11.6. The SMILES string of the molecule is C[C@H]1CC[C@@]2(OC1)OC1CC3C4C[C@H](O[C@@H]5O[C@H](C)[C@@H](O)[C@H](O[C@@H]6OC[C@@H](O)[C@H](O)[C@H]6O)[C@H]5O)C5C[C@@H](O)CC[C@]5(C)C4CC[C@]3(C)C1[C@@H]2C. The molecule has 4 aliphatic carbocycles. The minimum atomic E-state index is -1.57. The van der Waals surface area contributed by atoms with Gasteiger partial charge in [0, 0.05) is 12.3 Å². The van der Waals surface area contributed by atoms with Gasteiger partial charge in [0.15, 0.2) is 18.4 Å². The van der Waals surface area contributed by atoms with Crippen molar-refractivity contribution >= 4 is 0 Å². The van der Waals surface area contributed by atoms with Crippen LogP contribution in [0.4, 0.5) is 0 Å².